The first kappa shape index (κ1) is 16.6. The van der Waals surface area contributed by atoms with E-state index in [9.17, 15) is 4.79 Å². The molecule has 0 spiro atoms. The molecule has 1 amide bonds. The van der Waals surface area contributed by atoms with Crippen molar-refractivity contribution in [2.24, 2.45) is 0 Å². The van der Waals surface area contributed by atoms with E-state index >= 15 is 0 Å². The van der Waals surface area contributed by atoms with Crippen molar-refractivity contribution < 1.29 is 4.79 Å². The fraction of sp³-hybridized carbons (Fsp3) is 0.333. The number of rotatable bonds is 5. The van der Waals surface area contributed by atoms with Crippen molar-refractivity contribution in [1.82, 2.24) is 4.98 Å². The van der Waals surface area contributed by atoms with Crippen molar-refractivity contribution in [3.05, 3.63) is 48.2 Å². The number of nitrogens with zero attached hydrogens (tertiary/aromatic N) is 3. The normalized spacial score (nSPS) is 15.8. The SMILES string of the molecule is CC1Nc2ncc(N(C)C(=O)CCCl)cc2N1Cc1ccccc1. The lowest BCUT2D eigenvalue weighted by Crippen LogP contribution is -2.32. The van der Waals surface area contributed by atoms with Gasteiger partial charge in [-0.1, -0.05) is 30.3 Å². The Hall–Kier alpha value is -2.27. The molecule has 0 aliphatic carbocycles. The van der Waals surface area contributed by atoms with E-state index in [0.717, 1.165) is 23.7 Å². The van der Waals surface area contributed by atoms with Crippen LogP contribution in [0.3, 0.4) is 0 Å². The standard InChI is InChI=1S/C18H21ClN4O/c1-13-21-18-16(23(13)12-14-6-4-3-5-7-14)10-15(11-20-18)22(2)17(24)8-9-19/h3-7,10-11,13H,8-9,12H2,1-2H3,(H,20,21). The third kappa shape index (κ3) is 3.31. The first-order chi connectivity index (χ1) is 11.6. The predicted octanol–water partition coefficient (Wildman–Crippen LogP) is 3.45. The van der Waals surface area contributed by atoms with E-state index in [1.165, 1.54) is 5.56 Å². The largest absolute Gasteiger partial charge is 0.349 e. The van der Waals surface area contributed by atoms with E-state index in [1.807, 2.05) is 24.3 Å². The number of hydrogen-bond donors (Lipinski definition) is 1. The molecule has 1 aromatic heterocycles. The van der Waals surface area contributed by atoms with E-state index in [2.05, 4.69) is 34.3 Å². The van der Waals surface area contributed by atoms with Gasteiger partial charge < -0.3 is 15.1 Å². The highest BCUT2D eigenvalue weighted by Crippen LogP contribution is 2.36. The van der Waals surface area contributed by atoms with Crippen molar-refractivity contribution >= 4 is 34.7 Å². The number of aromatic nitrogens is 1. The zero-order valence-electron chi connectivity index (χ0n) is 13.9. The maximum atomic E-state index is 12.1. The second-order valence-corrected chi connectivity index (χ2v) is 6.26. The summed E-state index contributed by atoms with van der Waals surface area (Å²) in [5, 5.41) is 3.38. The topological polar surface area (TPSA) is 48.5 Å². The van der Waals surface area contributed by atoms with E-state index in [0.29, 0.717) is 12.3 Å². The Morgan fingerprint density at radius 1 is 1.38 bits per heavy atom. The number of nitrogens with one attached hydrogen (secondary N) is 1. The summed E-state index contributed by atoms with van der Waals surface area (Å²) >= 11 is 5.67. The first-order valence-electron chi connectivity index (χ1n) is 8.00. The van der Waals surface area contributed by atoms with Crippen LogP contribution in [0, 0.1) is 0 Å². The number of carbonyl (C=O) groups excluding carboxylic acids is 1. The van der Waals surface area contributed by atoms with E-state index in [-0.39, 0.29) is 12.1 Å². The molecule has 0 radical (unpaired) electrons. The maximum Gasteiger partial charge on any atom is 0.227 e. The lowest BCUT2D eigenvalue weighted by molar-refractivity contribution is -0.117. The zero-order valence-corrected chi connectivity index (χ0v) is 14.6. The Kier molecular flexibility index (Phi) is 4.90. The van der Waals surface area contributed by atoms with Gasteiger partial charge in [0.25, 0.3) is 0 Å². The maximum absolute atomic E-state index is 12.1. The second-order valence-electron chi connectivity index (χ2n) is 5.89. The van der Waals surface area contributed by atoms with Gasteiger partial charge in [-0.25, -0.2) is 4.98 Å². The van der Waals surface area contributed by atoms with Gasteiger partial charge in [0.1, 0.15) is 0 Å². The Morgan fingerprint density at radius 2 is 2.12 bits per heavy atom. The summed E-state index contributed by atoms with van der Waals surface area (Å²) in [6.45, 7) is 2.89. The van der Waals surface area contributed by atoms with Crippen LogP contribution in [-0.2, 0) is 11.3 Å². The van der Waals surface area contributed by atoms with Crippen LogP contribution in [0.25, 0.3) is 0 Å². The minimum Gasteiger partial charge on any atom is -0.349 e. The van der Waals surface area contributed by atoms with Crippen molar-refractivity contribution in [2.45, 2.75) is 26.1 Å². The minimum absolute atomic E-state index is 0.0136. The molecule has 0 bridgehead atoms. The molecule has 3 rings (SSSR count). The monoisotopic (exact) mass is 344 g/mol. The van der Waals surface area contributed by atoms with Gasteiger partial charge in [0.2, 0.25) is 5.91 Å². The molecule has 1 N–H and O–H groups in total. The molecule has 5 nitrogen and oxygen atoms in total. The Balaban J connectivity index is 1.86. The molecule has 0 saturated heterocycles. The molecule has 24 heavy (non-hydrogen) atoms. The first-order valence-corrected chi connectivity index (χ1v) is 8.53. The Bertz CT molecular complexity index is 722. The molecular formula is C18H21ClN4O. The Labute approximate surface area is 147 Å². The van der Waals surface area contributed by atoms with Crippen LogP contribution in [0.2, 0.25) is 0 Å². The highest BCUT2D eigenvalue weighted by atomic mass is 35.5. The fourth-order valence-electron chi connectivity index (χ4n) is 2.84. The number of anilines is 3. The second kappa shape index (κ2) is 7.09. The lowest BCUT2D eigenvalue weighted by Gasteiger charge is -2.24. The van der Waals surface area contributed by atoms with Gasteiger partial charge in [-0.2, -0.15) is 0 Å². The van der Waals surface area contributed by atoms with E-state index in [1.54, 1.807) is 18.1 Å². The summed E-state index contributed by atoms with van der Waals surface area (Å²) in [4.78, 5) is 20.4. The van der Waals surface area contributed by atoms with Crippen LogP contribution in [0.4, 0.5) is 17.2 Å². The number of carbonyl (C=O) groups is 1. The molecule has 1 aliphatic heterocycles. The molecule has 1 unspecified atom stereocenters. The molecule has 6 heteroatoms. The number of halogens is 1. The van der Waals surface area contributed by atoms with Gasteiger partial charge >= 0.3 is 0 Å². The van der Waals surface area contributed by atoms with Crippen LogP contribution in [0.1, 0.15) is 18.9 Å². The molecule has 0 fully saturated rings. The number of benzene rings is 1. The van der Waals surface area contributed by atoms with Crippen molar-refractivity contribution in [1.29, 1.82) is 0 Å². The Morgan fingerprint density at radius 3 is 2.83 bits per heavy atom. The highest BCUT2D eigenvalue weighted by Gasteiger charge is 2.27. The van der Waals surface area contributed by atoms with Gasteiger partial charge in [0.15, 0.2) is 5.82 Å². The predicted molar refractivity (Wildman–Crippen MR) is 98.7 cm³/mol. The van der Waals surface area contributed by atoms with Gasteiger partial charge in [-0.05, 0) is 18.6 Å². The number of alkyl halides is 1. The quantitative estimate of drug-likeness (QED) is 0.844. The number of amides is 1. The van der Waals surface area contributed by atoms with Crippen molar-refractivity contribution in [3.63, 3.8) is 0 Å². The van der Waals surface area contributed by atoms with Crippen LogP contribution >= 0.6 is 11.6 Å². The summed E-state index contributed by atoms with van der Waals surface area (Å²) < 4.78 is 0. The number of fused-ring (bicyclic) bond motifs is 1. The summed E-state index contributed by atoms with van der Waals surface area (Å²) in [5.74, 6) is 1.15. The molecule has 1 atom stereocenters. The lowest BCUT2D eigenvalue weighted by atomic mass is 10.2. The summed E-state index contributed by atoms with van der Waals surface area (Å²) in [6.07, 6.45) is 2.18. The number of pyridine rings is 1. The van der Waals surface area contributed by atoms with Crippen molar-refractivity contribution in [2.75, 3.05) is 28.0 Å². The summed E-state index contributed by atoms with van der Waals surface area (Å²) in [7, 11) is 1.76. The smallest absolute Gasteiger partial charge is 0.227 e. The van der Waals surface area contributed by atoms with Crippen LogP contribution < -0.4 is 15.1 Å². The van der Waals surface area contributed by atoms with Gasteiger partial charge in [-0.15, -0.1) is 11.6 Å². The minimum atomic E-state index is -0.0136. The molecule has 126 valence electrons. The van der Waals surface area contributed by atoms with Gasteiger partial charge in [0.05, 0.1) is 23.7 Å². The van der Waals surface area contributed by atoms with Gasteiger partial charge in [-0.3, -0.25) is 4.79 Å². The van der Waals surface area contributed by atoms with E-state index < -0.39 is 0 Å². The number of hydrogen-bond acceptors (Lipinski definition) is 4. The third-order valence-electron chi connectivity index (χ3n) is 4.24. The highest BCUT2D eigenvalue weighted by molar-refractivity contribution is 6.19. The molecule has 2 heterocycles. The molecule has 1 aromatic carbocycles. The average molecular weight is 345 g/mol. The molecular weight excluding hydrogens is 324 g/mol. The van der Waals surface area contributed by atoms with Crippen molar-refractivity contribution in [3.8, 4) is 0 Å². The summed E-state index contributed by atoms with van der Waals surface area (Å²) in [5.41, 5.74) is 3.02. The van der Waals surface area contributed by atoms with Gasteiger partial charge in [0, 0.05) is 25.9 Å². The van der Waals surface area contributed by atoms with Crippen LogP contribution in [0.15, 0.2) is 42.6 Å². The third-order valence-corrected chi connectivity index (χ3v) is 4.43. The average Bonchev–Trinajstić information content (AvgIpc) is 2.90. The fourth-order valence-corrected chi connectivity index (χ4v) is 3.00. The molecule has 1 aliphatic rings. The van der Waals surface area contributed by atoms with E-state index in [4.69, 9.17) is 11.6 Å². The van der Waals surface area contributed by atoms with Crippen LogP contribution in [0.5, 0.6) is 0 Å². The zero-order chi connectivity index (χ0) is 17.1. The van der Waals surface area contributed by atoms with Crippen LogP contribution in [-0.4, -0.2) is 30.0 Å². The molecule has 0 saturated carbocycles. The summed E-state index contributed by atoms with van der Waals surface area (Å²) in [6, 6.07) is 12.3. The molecule has 2 aromatic rings.